The standard InChI is InChI=1S/C21H34N4O2S/c1-16-12-17(2)14-24(13-16)9-3-7-22-21(27)23-8-4-20(26)25-10-5-19-18(15-25)6-11-28-19/h6,11,16-17H,3-5,7-10,12-15H2,1-2H3,(H2,22,23,27). The molecule has 6 nitrogen and oxygen atoms in total. The molecule has 2 atom stereocenters. The van der Waals surface area contributed by atoms with E-state index < -0.39 is 0 Å². The predicted molar refractivity (Wildman–Crippen MR) is 113 cm³/mol. The number of amides is 3. The Labute approximate surface area is 172 Å². The van der Waals surface area contributed by atoms with Gasteiger partial charge in [0.25, 0.3) is 0 Å². The first-order valence-corrected chi connectivity index (χ1v) is 11.5. The summed E-state index contributed by atoms with van der Waals surface area (Å²) in [5.74, 6) is 1.65. The van der Waals surface area contributed by atoms with Gasteiger partial charge in [0.2, 0.25) is 5.91 Å². The summed E-state index contributed by atoms with van der Waals surface area (Å²) in [5, 5.41) is 7.81. The number of thiophene rings is 1. The minimum atomic E-state index is -0.174. The first-order chi connectivity index (χ1) is 13.5. The highest BCUT2D eigenvalue weighted by Crippen LogP contribution is 2.24. The quantitative estimate of drug-likeness (QED) is 0.685. The number of nitrogens with zero attached hydrogens (tertiary/aromatic N) is 2. The average molecular weight is 407 g/mol. The Balaban J connectivity index is 1.24. The molecule has 2 aliphatic heterocycles. The van der Waals surface area contributed by atoms with Crippen molar-refractivity contribution in [3.05, 3.63) is 21.9 Å². The molecule has 0 saturated carbocycles. The van der Waals surface area contributed by atoms with Crippen molar-refractivity contribution in [1.29, 1.82) is 0 Å². The van der Waals surface area contributed by atoms with E-state index in [0.717, 1.165) is 37.8 Å². The zero-order valence-corrected chi connectivity index (χ0v) is 18.0. The number of hydrogen-bond acceptors (Lipinski definition) is 4. The van der Waals surface area contributed by atoms with Crippen molar-refractivity contribution in [3.8, 4) is 0 Å². The lowest BCUT2D eigenvalue weighted by molar-refractivity contribution is -0.131. The second-order valence-electron chi connectivity index (χ2n) is 8.43. The van der Waals surface area contributed by atoms with Crippen LogP contribution in [-0.2, 0) is 17.8 Å². The Morgan fingerprint density at radius 1 is 1.18 bits per heavy atom. The number of nitrogens with one attached hydrogen (secondary N) is 2. The molecule has 2 aliphatic rings. The lowest BCUT2D eigenvalue weighted by atomic mass is 9.92. The van der Waals surface area contributed by atoms with Gasteiger partial charge in [0, 0.05) is 50.6 Å². The van der Waals surface area contributed by atoms with Crippen molar-refractivity contribution >= 4 is 23.3 Å². The van der Waals surface area contributed by atoms with Crippen LogP contribution in [0.15, 0.2) is 11.4 Å². The number of fused-ring (bicyclic) bond motifs is 1. The van der Waals surface area contributed by atoms with E-state index in [1.165, 1.54) is 30.0 Å². The Morgan fingerprint density at radius 3 is 2.71 bits per heavy atom. The smallest absolute Gasteiger partial charge is 0.314 e. The summed E-state index contributed by atoms with van der Waals surface area (Å²) in [7, 11) is 0. The minimum absolute atomic E-state index is 0.116. The fourth-order valence-corrected chi connectivity index (χ4v) is 5.33. The third-order valence-corrected chi connectivity index (χ3v) is 6.69. The first-order valence-electron chi connectivity index (χ1n) is 10.6. The van der Waals surface area contributed by atoms with Gasteiger partial charge >= 0.3 is 6.03 Å². The summed E-state index contributed by atoms with van der Waals surface area (Å²) in [4.78, 5) is 30.1. The van der Waals surface area contributed by atoms with Gasteiger partial charge in [-0.25, -0.2) is 4.79 Å². The second kappa shape index (κ2) is 10.3. The van der Waals surface area contributed by atoms with E-state index in [1.807, 2.05) is 4.90 Å². The largest absolute Gasteiger partial charge is 0.338 e. The molecule has 0 radical (unpaired) electrons. The van der Waals surface area contributed by atoms with Crippen molar-refractivity contribution in [1.82, 2.24) is 20.4 Å². The Bertz CT molecular complexity index is 653. The van der Waals surface area contributed by atoms with Crippen LogP contribution in [0.1, 0.15) is 43.6 Å². The van der Waals surface area contributed by atoms with E-state index in [9.17, 15) is 9.59 Å². The number of carbonyl (C=O) groups excluding carboxylic acids is 2. The molecular formula is C21H34N4O2S. The highest BCUT2D eigenvalue weighted by molar-refractivity contribution is 7.10. The molecule has 3 heterocycles. The maximum absolute atomic E-state index is 12.4. The molecule has 2 N–H and O–H groups in total. The molecule has 2 unspecified atom stereocenters. The highest BCUT2D eigenvalue weighted by atomic mass is 32.1. The second-order valence-corrected chi connectivity index (χ2v) is 9.43. The molecule has 1 aromatic heterocycles. The van der Waals surface area contributed by atoms with Gasteiger partial charge < -0.3 is 20.4 Å². The molecule has 0 aromatic carbocycles. The topological polar surface area (TPSA) is 64.7 Å². The fraction of sp³-hybridized carbons (Fsp3) is 0.714. The van der Waals surface area contributed by atoms with E-state index in [0.29, 0.717) is 26.1 Å². The first kappa shape index (κ1) is 21.1. The molecule has 7 heteroatoms. The molecule has 3 rings (SSSR count). The Morgan fingerprint density at radius 2 is 1.93 bits per heavy atom. The van der Waals surface area contributed by atoms with Crippen molar-refractivity contribution in [3.63, 3.8) is 0 Å². The van der Waals surface area contributed by atoms with Crippen LogP contribution in [0.5, 0.6) is 0 Å². The maximum Gasteiger partial charge on any atom is 0.314 e. The van der Waals surface area contributed by atoms with Crippen LogP contribution in [0.3, 0.4) is 0 Å². The molecule has 0 bridgehead atoms. The third kappa shape index (κ3) is 6.21. The molecule has 156 valence electrons. The maximum atomic E-state index is 12.4. The molecule has 1 saturated heterocycles. The predicted octanol–water partition coefficient (Wildman–Crippen LogP) is 2.69. The van der Waals surface area contributed by atoms with Crippen molar-refractivity contribution in [2.75, 3.05) is 39.3 Å². The summed E-state index contributed by atoms with van der Waals surface area (Å²) in [6, 6.07) is 1.93. The van der Waals surface area contributed by atoms with E-state index in [4.69, 9.17) is 0 Å². The normalized spacial score (nSPS) is 22.6. The van der Waals surface area contributed by atoms with Crippen LogP contribution in [-0.4, -0.2) is 61.0 Å². The number of hydrogen-bond donors (Lipinski definition) is 2. The molecule has 0 aliphatic carbocycles. The SMILES string of the molecule is CC1CC(C)CN(CCCNC(=O)NCCC(=O)N2CCc3sccc3C2)C1. The van der Waals surface area contributed by atoms with Gasteiger partial charge in [-0.15, -0.1) is 11.3 Å². The minimum Gasteiger partial charge on any atom is -0.338 e. The lowest BCUT2D eigenvalue weighted by Crippen LogP contribution is -2.42. The van der Waals surface area contributed by atoms with Gasteiger partial charge in [-0.05, 0) is 54.7 Å². The number of carbonyl (C=O) groups is 2. The summed E-state index contributed by atoms with van der Waals surface area (Å²) < 4.78 is 0. The van der Waals surface area contributed by atoms with Crippen LogP contribution in [0, 0.1) is 11.8 Å². The zero-order valence-electron chi connectivity index (χ0n) is 17.2. The van der Waals surface area contributed by atoms with Gasteiger partial charge in [0.15, 0.2) is 0 Å². The molecule has 1 aromatic rings. The van der Waals surface area contributed by atoms with Crippen LogP contribution < -0.4 is 10.6 Å². The van der Waals surface area contributed by atoms with E-state index >= 15 is 0 Å². The molecule has 3 amide bonds. The van der Waals surface area contributed by atoms with Crippen molar-refractivity contribution < 1.29 is 9.59 Å². The number of rotatable bonds is 7. The molecule has 28 heavy (non-hydrogen) atoms. The van der Waals surface area contributed by atoms with Crippen LogP contribution >= 0.6 is 11.3 Å². The molecular weight excluding hydrogens is 372 g/mol. The van der Waals surface area contributed by atoms with Gasteiger partial charge in [0.1, 0.15) is 0 Å². The summed E-state index contributed by atoms with van der Waals surface area (Å²) in [6.45, 7) is 10.6. The summed E-state index contributed by atoms with van der Waals surface area (Å²) in [6.07, 6.45) is 3.59. The number of piperidine rings is 1. The van der Waals surface area contributed by atoms with Gasteiger partial charge in [-0.3, -0.25) is 4.79 Å². The lowest BCUT2D eigenvalue weighted by Gasteiger charge is -2.34. The van der Waals surface area contributed by atoms with E-state index in [2.05, 4.69) is 40.8 Å². The van der Waals surface area contributed by atoms with Crippen LogP contribution in [0.2, 0.25) is 0 Å². The average Bonchev–Trinajstić information content (AvgIpc) is 3.12. The molecule has 0 spiro atoms. The van der Waals surface area contributed by atoms with E-state index in [-0.39, 0.29) is 11.9 Å². The Hall–Kier alpha value is -1.60. The molecule has 1 fully saturated rings. The zero-order chi connectivity index (χ0) is 19.9. The van der Waals surface area contributed by atoms with Gasteiger partial charge in [0.05, 0.1) is 0 Å². The highest BCUT2D eigenvalue weighted by Gasteiger charge is 2.22. The summed E-state index contributed by atoms with van der Waals surface area (Å²) in [5.41, 5.74) is 1.27. The van der Waals surface area contributed by atoms with Crippen LogP contribution in [0.25, 0.3) is 0 Å². The van der Waals surface area contributed by atoms with E-state index in [1.54, 1.807) is 11.3 Å². The Kier molecular flexibility index (Phi) is 7.73. The third-order valence-electron chi connectivity index (χ3n) is 5.67. The monoisotopic (exact) mass is 406 g/mol. The summed E-state index contributed by atoms with van der Waals surface area (Å²) >= 11 is 1.77. The van der Waals surface area contributed by atoms with Crippen molar-refractivity contribution in [2.24, 2.45) is 11.8 Å². The number of likely N-dealkylation sites (tertiary alicyclic amines) is 1. The van der Waals surface area contributed by atoms with Crippen molar-refractivity contribution in [2.45, 2.75) is 46.1 Å². The fourth-order valence-electron chi connectivity index (χ4n) is 4.44. The number of urea groups is 1. The van der Waals surface area contributed by atoms with Crippen LogP contribution in [0.4, 0.5) is 4.79 Å². The van der Waals surface area contributed by atoms with Gasteiger partial charge in [-0.2, -0.15) is 0 Å². The van der Waals surface area contributed by atoms with Gasteiger partial charge in [-0.1, -0.05) is 13.8 Å².